The fourth-order valence-corrected chi connectivity index (χ4v) is 6.05. The van der Waals surface area contributed by atoms with Gasteiger partial charge in [-0.05, 0) is 62.0 Å². The Labute approximate surface area is 247 Å². The molecule has 0 atom stereocenters. The molecule has 0 aliphatic rings. The van der Waals surface area contributed by atoms with Crippen molar-refractivity contribution in [3.8, 4) is 0 Å². The molecule has 1 N–H and O–H groups in total. The van der Waals surface area contributed by atoms with E-state index < -0.39 is 5.60 Å². The fourth-order valence-electron chi connectivity index (χ4n) is 4.25. The topological polar surface area (TPSA) is 51.0 Å². The molecule has 0 saturated carbocycles. The standard InChI is InChI=1S/C24H26S.C11H23NO3/c1-20(2)18-19-25-24(21-12-6-3-7-13-21,22-14-8-4-9-15-22)23-16-10-5-11-17-23;1-5-14-10(12-4)7-6-8-15-11(2,3)9-13/h3-17,20H,18-19H2,1-2H3;13H,5-9H2,1-4H3. The Balaban J connectivity index is 0.000000323. The zero-order valence-corrected chi connectivity index (χ0v) is 26.1. The van der Waals surface area contributed by atoms with Crippen molar-refractivity contribution < 1.29 is 14.6 Å². The first-order valence-electron chi connectivity index (χ1n) is 14.4. The molecule has 0 aliphatic carbocycles. The second-order valence-electron chi connectivity index (χ2n) is 10.7. The molecule has 3 rings (SSSR count). The molecule has 0 aliphatic heterocycles. The van der Waals surface area contributed by atoms with Crippen molar-refractivity contribution in [3.05, 3.63) is 108 Å². The summed E-state index contributed by atoms with van der Waals surface area (Å²) in [6.45, 7) is 11.6. The smallest absolute Gasteiger partial charge is 0.182 e. The van der Waals surface area contributed by atoms with Crippen LogP contribution >= 0.6 is 11.8 Å². The molecule has 0 spiro atoms. The van der Waals surface area contributed by atoms with Crippen molar-refractivity contribution in [2.75, 3.05) is 32.6 Å². The molecular formula is C35H49NO3S. The van der Waals surface area contributed by atoms with Crippen LogP contribution in [0.3, 0.4) is 0 Å². The molecule has 0 amide bonds. The molecule has 4 nitrogen and oxygen atoms in total. The number of hydrogen-bond acceptors (Lipinski definition) is 5. The van der Waals surface area contributed by atoms with Gasteiger partial charge in [-0.15, -0.1) is 11.8 Å². The van der Waals surface area contributed by atoms with Gasteiger partial charge >= 0.3 is 0 Å². The van der Waals surface area contributed by atoms with Crippen LogP contribution in [0.25, 0.3) is 0 Å². The number of benzene rings is 3. The molecule has 5 heteroatoms. The van der Waals surface area contributed by atoms with E-state index in [0.717, 1.165) is 24.5 Å². The average Bonchev–Trinajstić information content (AvgIpc) is 2.98. The largest absolute Gasteiger partial charge is 0.481 e. The lowest BCUT2D eigenvalue weighted by atomic mass is 9.84. The van der Waals surface area contributed by atoms with E-state index in [0.29, 0.717) is 19.1 Å². The SMILES string of the molecule is CC(C)CCSC(c1ccccc1)(c1ccccc1)c1ccccc1.CCOC(CCCOC(C)(C)CO)=NC. The van der Waals surface area contributed by atoms with E-state index in [1.165, 1.54) is 23.1 Å². The van der Waals surface area contributed by atoms with Crippen LogP contribution in [-0.4, -0.2) is 49.2 Å². The van der Waals surface area contributed by atoms with Crippen LogP contribution in [0.15, 0.2) is 96.0 Å². The summed E-state index contributed by atoms with van der Waals surface area (Å²) in [5, 5.41) is 8.96. The second kappa shape index (κ2) is 18.0. The summed E-state index contributed by atoms with van der Waals surface area (Å²) < 4.78 is 10.6. The zero-order chi connectivity index (χ0) is 29.3. The maximum atomic E-state index is 8.96. The molecule has 0 radical (unpaired) electrons. The van der Waals surface area contributed by atoms with Gasteiger partial charge in [0.05, 0.1) is 23.6 Å². The van der Waals surface area contributed by atoms with Crippen LogP contribution in [-0.2, 0) is 14.2 Å². The number of aliphatic hydroxyl groups excluding tert-OH is 1. The molecule has 0 unspecified atom stereocenters. The van der Waals surface area contributed by atoms with Gasteiger partial charge in [-0.3, -0.25) is 4.99 Å². The number of aliphatic imine (C=N–C) groups is 1. The maximum absolute atomic E-state index is 8.96. The molecule has 3 aromatic rings. The van der Waals surface area contributed by atoms with E-state index in [4.69, 9.17) is 14.6 Å². The van der Waals surface area contributed by atoms with Gasteiger partial charge in [0.2, 0.25) is 0 Å². The van der Waals surface area contributed by atoms with Crippen molar-refractivity contribution >= 4 is 17.7 Å². The molecule has 40 heavy (non-hydrogen) atoms. The minimum atomic E-state index is -0.449. The van der Waals surface area contributed by atoms with Crippen LogP contribution in [0.5, 0.6) is 0 Å². The highest BCUT2D eigenvalue weighted by Crippen LogP contribution is 2.48. The highest BCUT2D eigenvalue weighted by molar-refractivity contribution is 8.00. The summed E-state index contributed by atoms with van der Waals surface area (Å²) in [6.07, 6.45) is 2.86. The summed E-state index contributed by atoms with van der Waals surface area (Å²) in [6, 6.07) is 32.8. The van der Waals surface area contributed by atoms with Crippen molar-refractivity contribution in [1.82, 2.24) is 0 Å². The average molecular weight is 564 g/mol. The molecular weight excluding hydrogens is 514 g/mol. The van der Waals surface area contributed by atoms with E-state index in [1.54, 1.807) is 7.05 Å². The third-order valence-electron chi connectivity index (χ3n) is 6.52. The Hall–Kier alpha value is -2.60. The Morgan fingerprint density at radius 3 is 1.70 bits per heavy atom. The lowest BCUT2D eigenvalue weighted by Gasteiger charge is -2.35. The van der Waals surface area contributed by atoms with Crippen molar-refractivity contribution in [3.63, 3.8) is 0 Å². The van der Waals surface area contributed by atoms with Gasteiger partial charge in [-0.25, -0.2) is 0 Å². The number of thioether (sulfide) groups is 1. The fraction of sp³-hybridized carbons (Fsp3) is 0.457. The normalized spacial score (nSPS) is 12.2. The minimum absolute atomic E-state index is 0.0349. The van der Waals surface area contributed by atoms with Gasteiger partial charge in [-0.2, -0.15) is 0 Å². The molecule has 0 aromatic heterocycles. The van der Waals surface area contributed by atoms with Crippen molar-refractivity contribution in [2.45, 2.75) is 64.2 Å². The number of rotatable bonds is 14. The van der Waals surface area contributed by atoms with Crippen LogP contribution in [0.4, 0.5) is 0 Å². The first-order chi connectivity index (χ1) is 19.3. The van der Waals surface area contributed by atoms with Crippen molar-refractivity contribution in [2.24, 2.45) is 10.9 Å². The summed E-state index contributed by atoms with van der Waals surface area (Å²) >= 11 is 2.06. The molecule has 0 bridgehead atoms. The number of hydrogen-bond donors (Lipinski definition) is 1. The van der Waals surface area contributed by atoms with Gasteiger partial charge in [0, 0.05) is 20.1 Å². The quantitative estimate of drug-likeness (QED) is 0.0926. The number of nitrogens with zero attached hydrogens (tertiary/aromatic N) is 1. The lowest BCUT2D eigenvalue weighted by Crippen LogP contribution is -2.29. The molecule has 0 fully saturated rings. The van der Waals surface area contributed by atoms with E-state index in [1.807, 2.05) is 20.8 Å². The van der Waals surface area contributed by atoms with Gasteiger partial charge in [0.25, 0.3) is 0 Å². The monoisotopic (exact) mass is 563 g/mol. The van der Waals surface area contributed by atoms with E-state index >= 15 is 0 Å². The van der Waals surface area contributed by atoms with Crippen LogP contribution in [0.1, 0.15) is 70.6 Å². The van der Waals surface area contributed by atoms with E-state index in [9.17, 15) is 0 Å². The third kappa shape index (κ3) is 10.8. The van der Waals surface area contributed by atoms with Crippen LogP contribution in [0.2, 0.25) is 0 Å². The molecule has 0 saturated heterocycles. The summed E-state index contributed by atoms with van der Waals surface area (Å²) in [7, 11) is 1.73. The first kappa shape index (κ1) is 33.6. The summed E-state index contributed by atoms with van der Waals surface area (Å²) in [4.78, 5) is 4.02. The number of ether oxygens (including phenoxy) is 2. The minimum Gasteiger partial charge on any atom is -0.481 e. The molecule has 218 valence electrons. The van der Waals surface area contributed by atoms with E-state index in [-0.39, 0.29) is 11.4 Å². The zero-order valence-electron chi connectivity index (χ0n) is 25.3. The van der Waals surface area contributed by atoms with Crippen LogP contribution in [0, 0.1) is 5.92 Å². The highest BCUT2D eigenvalue weighted by Gasteiger charge is 2.36. The van der Waals surface area contributed by atoms with Gasteiger partial charge in [-0.1, -0.05) is 105 Å². The Kier molecular flexibility index (Phi) is 15.1. The Morgan fingerprint density at radius 1 is 0.850 bits per heavy atom. The van der Waals surface area contributed by atoms with Crippen LogP contribution < -0.4 is 0 Å². The second-order valence-corrected chi connectivity index (χ2v) is 12.0. The molecule has 0 heterocycles. The van der Waals surface area contributed by atoms with Crippen molar-refractivity contribution in [1.29, 1.82) is 0 Å². The first-order valence-corrected chi connectivity index (χ1v) is 15.4. The highest BCUT2D eigenvalue weighted by atomic mass is 32.2. The third-order valence-corrected chi connectivity index (χ3v) is 8.10. The van der Waals surface area contributed by atoms with Gasteiger partial charge in [0.1, 0.15) is 0 Å². The Bertz CT molecular complexity index is 989. The maximum Gasteiger partial charge on any atom is 0.182 e. The predicted molar refractivity (Wildman–Crippen MR) is 172 cm³/mol. The lowest BCUT2D eigenvalue weighted by molar-refractivity contribution is -0.0539. The Morgan fingerprint density at radius 2 is 1.32 bits per heavy atom. The predicted octanol–water partition coefficient (Wildman–Crippen LogP) is 8.38. The molecule has 3 aromatic carbocycles. The van der Waals surface area contributed by atoms with Gasteiger partial charge in [0.15, 0.2) is 5.90 Å². The summed E-state index contributed by atoms with van der Waals surface area (Å²) in [5.74, 6) is 2.62. The van der Waals surface area contributed by atoms with E-state index in [2.05, 4.69) is 122 Å². The number of aliphatic hydroxyl groups is 1. The summed E-state index contributed by atoms with van der Waals surface area (Å²) in [5.41, 5.74) is 3.60. The van der Waals surface area contributed by atoms with Gasteiger partial charge < -0.3 is 14.6 Å².